The molecule has 2 N–H and O–H groups in total. The van der Waals surface area contributed by atoms with Gasteiger partial charge in [0.05, 0.1) is 6.04 Å². The van der Waals surface area contributed by atoms with E-state index in [0.29, 0.717) is 17.7 Å². The lowest BCUT2D eigenvalue weighted by molar-refractivity contribution is 0.279. The highest BCUT2D eigenvalue weighted by Crippen LogP contribution is 2.33. The lowest BCUT2D eigenvalue weighted by Crippen LogP contribution is -2.41. The van der Waals surface area contributed by atoms with Gasteiger partial charge in [0.1, 0.15) is 5.76 Å². The molecule has 1 aliphatic rings. The second kappa shape index (κ2) is 4.83. The summed E-state index contributed by atoms with van der Waals surface area (Å²) in [5, 5.41) is 13.5. The van der Waals surface area contributed by atoms with Gasteiger partial charge >= 0.3 is 0 Å². The molecule has 2 nitrogen and oxygen atoms in total. The number of aliphatic hydroxyl groups is 1. The van der Waals surface area contributed by atoms with Crippen LogP contribution in [-0.2, 0) is 0 Å². The molecule has 0 aromatic carbocycles. The van der Waals surface area contributed by atoms with E-state index < -0.39 is 0 Å². The van der Waals surface area contributed by atoms with Crippen molar-refractivity contribution >= 4 is 0 Å². The topological polar surface area (TPSA) is 32.3 Å². The van der Waals surface area contributed by atoms with Crippen LogP contribution >= 0.6 is 0 Å². The van der Waals surface area contributed by atoms with Crippen LogP contribution in [0.3, 0.4) is 0 Å². The highest BCUT2D eigenvalue weighted by atomic mass is 16.3. The molecular weight excluding hydrogens is 174 g/mol. The van der Waals surface area contributed by atoms with Crippen molar-refractivity contribution in [3.8, 4) is 0 Å². The van der Waals surface area contributed by atoms with Gasteiger partial charge in [-0.1, -0.05) is 20.8 Å². The zero-order valence-electron chi connectivity index (χ0n) is 9.80. The van der Waals surface area contributed by atoms with Crippen LogP contribution in [0.2, 0.25) is 0 Å². The summed E-state index contributed by atoms with van der Waals surface area (Å²) in [4.78, 5) is 0. The molecule has 2 atom stereocenters. The Morgan fingerprint density at radius 2 is 1.93 bits per heavy atom. The Hall–Kier alpha value is -0.500. The van der Waals surface area contributed by atoms with Gasteiger partial charge in [0.25, 0.3) is 0 Å². The van der Waals surface area contributed by atoms with Crippen LogP contribution in [0.25, 0.3) is 0 Å². The molecule has 0 saturated heterocycles. The monoisotopic (exact) mass is 197 g/mol. The third-order valence-corrected chi connectivity index (χ3v) is 2.90. The van der Waals surface area contributed by atoms with Gasteiger partial charge in [-0.15, -0.1) is 0 Å². The van der Waals surface area contributed by atoms with Crippen LogP contribution in [-0.4, -0.2) is 17.2 Å². The van der Waals surface area contributed by atoms with Gasteiger partial charge in [0.15, 0.2) is 0 Å². The summed E-state index contributed by atoms with van der Waals surface area (Å²) in [5.74, 6) is 1.07. The third-order valence-electron chi connectivity index (χ3n) is 2.90. The van der Waals surface area contributed by atoms with E-state index in [0.717, 1.165) is 19.3 Å². The van der Waals surface area contributed by atoms with Crippen molar-refractivity contribution in [1.82, 2.24) is 5.32 Å². The Labute approximate surface area is 87.4 Å². The summed E-state index contributed by atoms with van der Waals surface area (Å²) in [7, 11) is 0. The lowest BCUT2D eigenvalue weighted by Gasteiger charge is -2.25. The smallest absolute Gasteiger partial charge is 0.109 e. The van der Waals surface area contributed by atoms with Crippen LogP contribution in [0.15, 0.2) is 11.3 Å². The largest absolute Gasteiger partial charge is 0.511 e. The number of hydrogen-bond acceptors (Lipinski definition) is 2. The first kappa shape index (κ1) is 11.6. The summed E-state index contributed by atoms with van der Waals surface area (Å²) < 4.78 is 0. The SMILES string of the molecule is CCC(C)N[C@H](C(O)=C1CC1)C(C)C. The van der Waals surface area contributed by atoms with Crippen molar-refractivity contribution in [2.75, 3.05) is 0 Å². The molecule has 82 valence electrons. The Kier molecular flexibility index (Phi) is 3.99. The zero-order valence-corrected chi connectivity index (χ0v) is 9.80. The predicted molar refractivity (Wildman–Crippen MR) is 60.4 cm³/mol. The first-order valence-corrected chi connectivity index (χ1v) is 5.73. The Bertz CT molecular complexity index is 214. The summed E-state index contributed by atoms with van der Waals surface area (Å²) in [6.07, 6.45) is 3.29. The number of rotatable bonds is 5. The normalized spacial score (nSPS) is 19.6. The highest BCUT2D eigenvalue weighted by Gasteiger charge is 2.26. The first-order valence-electron chi connectivity index (χ1n) is 5.73. The van der Waals surface area contributed by atoms with E-state index in [4.69, 9.17) is 0 Å². The van der Waals surface area contributed by atoms with Crippen LogP contribution < -0.4 is 5.32 Å². The second-order valence-corrected chi connectivity index (χ2v) is 4.69. The summed E-state index contributed by atoms with van der Waals surface area (Å²) in [6, 6.07) is 0.631. The van der Waals surface area contributed by atoms with Gasteiger partial charge in [-0.05, 0) is 37.7 Å². The molecule has 0 aliphatic heterocycles. The molecule has 1 saturated carbocycles. The van der Waals surface area contributed by atoms with E-state index in [-0.39, 0.29) is 6.04 Å². The molecule has 0 aromatic heterocycles. The van der Waals surface area contributed by atoms with E-state index >= 15 is 0 Å². The molecule has 1 aliphatic carbocycles. The molecule has 2 heteroatoms. The average Bonchev–Trinajstić information content (AvgIpc) is 2.95. The number of nitrogens with one attached hydrogen (secondary N) is 1. The van der Waals surface area contributed by atoms with E-state index in [1.165, 1.54) is 5.57 Å². The third kappa shape index (κ3) is 3.02. The molecule has 14 heavy (non-hydrogen) atoms. The molecule has 0 radical (unpaired) electrons. The van der Waals surface area contributed by atoms with Gasteiger partial charge in [-0.25, -0.2) is 0 Å². The second-order valence-electron chi connectivity index (χ2n) is 4.69. The van der Waals surface area contributed by atoms with Gasteiger partial charge < -0.3 is 10.4 Å². The fourth-order valence-corrected chi connectivity index (χ4v) is 1.55. The molecule has 0 spiro atoms. The van der Waals surface area contributed by atoms with E-state index in [2.05, 4.69) is 33.0 Å². The Morgan fingerprint density at radius 1 is 1.36 bits per heavy atom. The lowest BCUT2D eigenvalue weighted by atomic mass is 10.00. The van der Waals surface area contributed by atoms with Gasteiger partial charge in [-0.3, -0.25) is 0 Å². The molecule has 1 fully saturated rings. The van der Waals surface area contributed by atoms with Gasteiger partial charge in [-0.2, -0.15) is 0 Å². The van der Waals surface area contributed by atoms with Crippen molar-refractivity contribution in [2.24, 2.45) is 5.92 Å². The van der Waals surface area contributed by atoms with Gasteiger partial charge in [0.2, 0.25) is 0 Å². The standard InChI is InChI=1S/C12H23NO/c1-5-9(4)13-11(8(2)3)12(14)10-6-7-10/h8-9,11,13-14H,5-7H2,1-4H3/t9?,11-/m0/s1. The fraction of sp³-hybridized carbons (Fsp3) is 0.833. The summed E-state index contributed by atoms with van der Waals surface area (Å²) in [5.41, 5.74) is 1.25. The molecular formula is C12H23NO. The minimum atomic E-state index is 0.155. The molecule has 0 heterocycles. The van der Waals surface area contributed by atoms with Crippen molar-refractivity contribution in [2.45, 2.75) is 59.0 Å². The Balaban J connectivity index is 2.60. The molecule has 1 unspecified atom stereocenters. The number of hydrogen-bond donors (Lipinski definition) is 2. The zero-order chi connectivity index (χ0) is 10.7. The van der Waals surface area contributed by atoms with Crippen LogP contribution in [0.4, 0.5) is 0 Å². The minimum absolute atomic E-state index is 0.155. The predicted octanol–water partition coefficient (Wildman–Crippen LogP) is 3.01. The fourth-order valence-electron chi connectivity index (χ4n) is 1.55. The van der Waals surface area contributed by atoms with Crippen LogP contribution in [0, 0.1) is 5.92 Å². The molecule has 0 aromatic rings. The van der Waals surface area contributed by atoms with Crippen LogP contribution in [0.5, 0.6) is 0 Å². The van der Waals surface area contributed by atoms with Crippen molar-refractivity contribution in [1.29, 1.82) is 0 Å². The molecule has 1 rings (SSSR count). The number of aliphatic hydroxyl groups excluding tert-OH is 1. The molecule has 0 amide bonds. The average molecular weight is 197 g/mol. The van der Waals surface area contributed by atoms with Crippen molar-refractivity contribution < 1.29 is 5.11 Å². The van der Waals surface area contributed by atoms with E-state index in [1.807, 2.05) is 0 Å². The maximum atomic E-state index is 9.98. The minimum Gasteiger partial charge on any atom is -0.511 e. The van der Waals surface area contributed by atoms with Crippen molar-refractivity contribution in [3.05, 3.63) is 11.3 Å². The quantitative estimate of drug-likeness (QED) is 0.664. The number of allylic oxidation sites excluding steroid dienone is 1. The maximum Gasteiger partial charge on any atom is 0.109 e. The van der Waals surface area contributed by atoms with E-state index in [9.17, 15) is 5.11 Å². The summed E-state index contributed by atoms with van der Waals surface area (Å²) >= 11 is 0. The first-order chi connectivity index (χ1) is 6.56. The van der Waals surface area contributed by atoms with Gasteiger partial charge in [0, 0.05) is 6.04 Å². The maximum absolute atomic E-state index is 9.98. The highest BCUT2D eigenvalue weighted by molar-refractivity contribution is 5.24. The van der Waals surface area contributed by atoms with Crippen LogP contribution in [0.1, 0.15) is 47.0 Å². The van der Waals surface area contributed by atoms with E-state index in [1.54, 1.807) is 0 Å². The molecule has 0 bridgehead atoms. The Morgan fingerprint density at radius 3 is 2.29 bits per heavy atom. The van der Waals surface area contributed by atoms with Crippen molar-refractivity contribution in [3.63, 3.8) is 0 Å². The summed E-state index contributed by atoms with van der Waals surface area (Å²) in [6.45, 7) is 8.63.